The van der Waals surface area contributed by atoms with Crippen molar-refractivity contribution in [1.82, 2.24) is 0 Å². The van der Waals surface area contributed by atoms with Crippen LogP contribution in [-0.4, -0.2) is 25.9 Å². The van der Waals surface area contributed by atoms with Crippen LogP contribution in [0.2, 0.25) is 0 Å². The number of fused-ring (bicyclic) bond motifs is 3. The molecule has 2 aliphatic carbocycles. The van der Waals surface area contributed by atoms with Crippen LogP contribution in [0.5, 0.6) is 11.5 Å². The molecule has 0 saturated heterocycles. The number of ether oxygens (including phenoxy) is 3. The van der Waals surface area contributed by atoms with E-state index in [1.165, 1.54) is 23.1 Å². The molecule has 0 aromatic heterocycles. The minimum Gasteiger partial charge on any atom is -0.497 e. The summed E-state index contributed by atoms with van der Waals surface area (Å²) in [4.78, 5) is 0. The Hall–Kier alpha value is -3.50. The Kier molecular flexibility index (Phi) is 7.62. The lowest BCUT2D eigenvalue weighted by atomic mass is 9.87. The van der Waals surface area contributed by atoms with E-state index in [4.69, 9.17) is 14.2 Å². The Morgan fingerprint density at radius 2 is 1.71 bits per heavy atom. The predicted molar refractivity (Wildman–Crippen MR) is 156 cm³/mol. The minimum atomic E-state index is -0.195. The maximum atomic E-state index is 6.05. The summed E-state index contributed by atoms with van der Waals surface area (Å²) in [6.07, 6.45) is 4.80. The monoisotopic (exact) mass is 509 g/mol. The van der Waals surface area contributed by atoms with E-state index in [-0.39, 0.29) is 11.6 Å². The Morgan fingerprint density at radius 3 is 2.47 bits per heavy atom. The highest BCUT2D eigenvalue weighted by molar-refractivity contribution is 5.83. The largest absolute Gasteiger partial charge is 0.497 e. The molecular weight excluding hydrogens is 470 g/mol. The summed E-state index contributed by atoms with van der Waals surface area (Å²) < 4.78 is 17.5. The van der Waals surface area contributed by atoms with E-state index in [0.717, 1.165) is 40.7 Å². The zero-order valence-electron chi connectivity index (χ0n) is 23.0. The first-order valence-electron chi connectivity index (χ1n) is 13.6. The van der Waals surface area contributed by atoms with Gasteiger partial charge in [0, 0.05) is 23.9 Å². The van der Waals surface area contributed by atoms with Crippen molar-refractivity contribution in [2.45, 2.75) is 51.2 Å². The van der Waals surface area contributed by atoms with Crippen molar-refractivity contribution in [1.29, 1.82) is 0 Å². The lowest BCUT2D eigenvalue weighted by molar-refractivity contribution is -0.0163. The van der Waals surface area contributed by atoms with Gasteiger partial charge in [-0.25, -0.2) is 0 Å². The molecule has 1 saturated carbocycles. The molecule has 38 heavy (non-hydrogen) atoms. The zero-order chi connectivity index (χ0) is 26.7. The number of nitrogens with one attached hydrogen (secondary N) is 1. The van der Waals surface area contributed by atoms with Gasteiger partial charge in [0.05, 0.1) is 25.4 Å². The normalized spacial score (nSPS) is 18.8. The van der Waals surface area contributed by atoms with Crippen LogP contribution in [0.4, 0.5) is 5.69 Å². The van der Waals surface area contributed by atoms with Gasteiger partial charge in [-0.1, -0.05) is 67.3 Å². The molecule has 4 nitrogen and oxygen atoms in total. The Morgan fingerprint density at radius 1 is 0.974 bits per heavy atom. The maximum absolute atomic E-state index is 6.05. The topological polar surface area (TPSA) is 39.7 Å². The number of anilines is 1. The number of benzene rings is 3. The van der Waals surface area contributed by atoms with Crippen molar-refractivity contribution < 1.29 is 14.2 Å². The summed E-state index contributed by atoms with van der Waals surface area (Å²) >= 11 is 0. The summed E-state index contributed by atoms with van der Waals surface area (Å²) in [6, 6.07) is 25.2. The van der Waals surface area contributed by atoms with E-state index in [1.54, 1.807) is 7.11 Å². The van der Waals surface area contributed by atoms with Crippen molar-refractivity contribution in [2.24, 2.45) is 5.92 Å². The van der Waals surface area contributed by atoms with Crippen molar-refractivity contribution >= 4 is 11.3 Å². The standard InChI is InChI=1S/C34H39NO3/c1-23(29-16-15-25-19-32(25)31-14-10-9-13-30(29)31)33(24-11-7-6-8-12-24)35-26-20-27(36-5)22-28(21-26)37-17-18-38-34(2,3)4/h6-14,16,20-22,25,32-33,35H,1,15,17-19H2,2-5H3. The van der Waals surface area contributed by atoms with Gasteiger partial charge in [0.2, 0.25) is 0 Å². The molecule has 198 valence electrons. The van der Waals surface area contributed by atoms with Crippen molar-refractivity contribution in [3.63, 3.8) is 0 Å². The zero-order valence-corrected chi connectivity index (χ0v) is 23.0. The average molecular weight is 510 g/mol. The fourth-order valence-electron chi connectivity index (χ4n) is 5.34. The van der Waals surface area contributed by atoms with Crippen LogP contribution in [0.3, 0.4) is 0 Å². The molecule has 0 bridgehead atoms. The summed E-state index contributed by atoms with van der Waals surface area (Å²) in [5.41, 5.74) is 6.97. The van der Waals surface area contributed by atoms with Crippen LogP contribution in [-0.2, 0) is 4.74 Å². The van der Waals surface area contributed by atoms with Crippen LogP contribution in [0.25, 0.3) is 5.57 Å². The molecule has 3 aromatic rings. The van der Waals surface area contributed by atoms with Crippen LogP contribution in [0, 0.1) is 5.92 Å². The third-order valence-corrected chi connectivity index (χ3v) is 7.34. The maximum Gasteiger partial charge on any atom is 0.125 e. The first-order chi connectivity index (χ1) is 18.3. The molecule has 3 atom stereocenters. The van der Waals surface area contributed by atoms with Crippen LogP contribution in [0.1, 0.15) is 62.3 Å². The number of hydrogen-bond donors (Lipinski definition) is 1. The van der Waals surface area contributed by atoms with Crippen molar-refractivity contribution in [2.75, 3.05) is 25.6 Å². The van der Waals surface area contributed by atoms with Crippen LogP contribution < -0.4 is 14.8 Å². The second-order valence-electron chi connectivity index (χ2n) is 11.3. The van der Waals surface area contributed by atoms with Crippen LogP contribution in [0.15, 0.2) is 91.0 Å². The Bertz CT molecular complexity index is 1300. The van der Waals surface area contributed by atoms with Gasteiger partial charge in [0.1, 0.15) is 18.1 Å². The van der Waals surface area contributed by atoms with Gasteiger partial charge < -0.3 is 19.5 Å². The summed E-state index contributed by atoms with van der Waals surface area (Å²) in [5.74, 6) is 2.90. The molecule has 1 fully saturated rings. The number of methoxy groups -OCH3 is 1. The first-order valence-corrected chi connectivity index (χ1v) is 13.6. The van der Waals surface area contributed by atoms with Crippen molar-refractivity contribution in [3.05, 3.63) is 108 Å². The SMILES string of the molecule is C=C(C1=CCC2CC2c2ccccc21)C(Nc1cc(OC)cc(OCCOC(C)(C)C)c1)c1ccccc1. The number of hydrogen-bond acceptors (Lipinski definition) is 4. The lowest BCUT2D eigenvalue weighted by Gasteiger charge is -2.26. The molecule has 0 spiro atoms. The van der Waals surface area contributed by atoms with Crippen LogP contribution >= 0.6 is 0 Å². The van der Waals surface area contributed by atoms with Gasteiger partial charge in [-0.15, -0.1) is 0 Å². The van der Waals surface area contributed by atoms with Gasteiger partial charge in [0.25, 0.3) is 0 Å². The molecule has 1 N–H and O–H groups in total. The summed E-state index contributed by atoms with van der Waals surface area (Å²) in [7, 11) is 1.68. The second-order valence-corrected chi connectivity index (χ2v) is 11.3. The van der Waals surface area contributed by atoms with Gasteiger partial charge in [-0.3, -0.25) is 0 Å². The molecular formula is C34H39NO3. The van der Waals surface area contributed by atoms with Crippen molar-refractivity contribution in [3.8, 4) is 11.5 Å². The smallest absolute Gasteiger partial charge is 0.125 e. The van der Waals surface area contributed by atoms with Gasteiger partial charge >= 0.3 is 0 Å². The number of allylic oxidation sites excluding steroid dienone is 1. The molecule has 5 rings (SSSR count). The van der Waals surface area contributed by atoms with E-state index < -0.39 is 0 Å². The van der Waals surface area contributed by atoms with E-state index in [2.05, 4.69) is 66.5 Å². The van der Waals surface area contributed by atoms with Gasteiger partial charge in [-0.05, 0) is 73.3 Å². The van der Waals surface area contributed by atoms with E-state index in [0.29, 0.717) is 19.1 Å². The molecule has 2 aliphatic rings. The van der Waals surface area contributed by atoms with Gasteiger partial charge in [0.15, 0.2) is 0 Å². The minimum absolute atomic E-state index is 0.117. The fourth-order valence-corrected chi connectivity index (χ4v) is 5.34. The molecule has 0 aliphatic heterocycles. The highest BCUT2D eigenvalue weighted by Gasteiger charge is 2.41. The summed E-state index contributed by atoms with van der Waals surface area (Å²) in [5, 5.41) is 3.76. The quantitative estimate of drug-likeness (QED) is 0.280. The highest BCUT2D eigenvalue weighted by Crippen LogP contribution is 2.55. The molecule has 0 radical (unpaired) electrons. The molecule has 0 amide bonds. The third kappa shape index (κ3) is 6.14. The Balaban J connectivity index is 1.43. The second kappa shape index (κ2) is 11.1. The Labute approximate surface area is 227 Å². The predicted octanol–water partition coefficient (Wildman–Crippen LogP) is 8.19. The molecule has 3 aromatic carbocycles. The summed E-state index contributed by atoms with van der Waals surface area (Å²) in [6.45, 7) is 11.8. The fraction of sp³-hybridized carbons (Fsp3) is 0.353. The van der Waals surface area contributed by atoms with E-state index in [9.17, 15) is 0 Å². The third-order valence-electron chi connectivity index (χ3n) is 7.34. The lowest BCUT2D eigenvalue weighted by Crippen LogP contribution is -2.22. The molecule has 4 heteroatoms. The first kappa shape index (κ1) is 26.1. The van der Waals surface area contributed by atoms with E-state index >= 15 is 0 Å². The average Bonchev–Trinajstić information content (AvgIpc) is 3.70. The number of rotatable bonds is 10. The van der Waals surface area contributed by atoms with Gasteiger partial charge in [-0.2, -0.15) is 0 Å². The molecule has 3 unspecified atom stereocenters. The highest BCUT2D eigenvalue weighted by atomic mass is 16.5. The van der Waals surface area contributed by atoms with E-state index in [1.807, 2.05) is 45.0 Å². The molecule has 0 heterocycles.